The van der Waals surface area contributed by atoms with Gasteiger partial charge in [0.15, 0.2) is 6.10 Å². The highest BCUT2D eigenvalue weighted by Crippen LogP contribution is 2.17. The average molecular weight is 277 g/mol. The topological polar surface area (TPSA) is 51.2 Å². The van der Waals surface area contributed by atoms with Crippen LogP contribution in [0.25, 0.3) is 0 Å². The van der Waals surface area contributed by atoms with Crippen LogP contribution < -0.4 is 10.1 Å². The highest BCUT2D eigenvalue weighted by atomic mass is 35.5. The summed E-state index contributed by atoms with van der Waals surface area (Å²) in [6, 6.07) is 10.4. The lowest BCUT2D eigenvalue weighted by Gasteiger charge is -2.14. The first kappa shape index (κ1) is 13.4. The van der Waals surface area contributed by atoms with Crippen molar-refractivity contribution in [3.8, 4) is 5.75 Å². The van der Waals surface area contributed by atoms with Crippen molar-refractivity contribution in [2.75, 3.05) is 5.32 Å². The Bertz CT molecular complexity index is 543. The monoisotopic (exact) mass is 276 g/mol. The highest BCUT2D eigenvalue weighted by Gasteiger charge is 2.14. The van der Waals surface area contributed by atoms with Gasteiger partial charge < -0.3 is 10.1 Å². The predicted octanol–water partition coefficient (Wildman–Crippen LogP) is 3.14. The third-order valence-corrected chi connectivity index (χ3v) is 2.68. The summed E-state index contributed by atoms with van der Waals surface area (Å²) in [5.41, 5.74) is 0.638. The lowest BCUT2D eigenvalue weighted by atomic mass is 10.3. The van der Waals surface area contributed by atoms with Crippen molar-refractivity contribution in [3.63, 3.8) is 0 Å². The molecule has 1 heterocycles. The minimum absolute atomic E-state index is 0.233. The van der Waals surface area contributed by atoms with Gasteiger partial charge >= 0.3 is 0 Å². The van der Waals surface area contributed by atoms with Crippen molar-refractivity contribution < 1.29 is 9.53 Å². The molecule has 0 saturated heterocycles. The fourth-order valence-corrected chi connectivity index (χ4v) is 1.58. The van der Waals surface area contributed by atoms with Gasteiger partial charge in [0.2, 0.25) is 0 Å². The summed E-state index contributed by atoms with van der Waals surface area (Å²) in [7, 11) is 0. The second-order valence-corrected chi connectivity index (χ2v) is 4.38. The Morgan fingerprint density at radius 1 is 1.32 bits per heavy atom. The van der Waals surface area contributed by atoms with E-state index in [1.54, 1.807) is 55.7 Å². The number of nitrogens with zero attached hydrogens (tertiary/aromatic N) is 1. The molecule has 1 aromatic carbocycles. The van der Waals surface area contributed by atoms with Crippen molar-refractivity contribution in [3.05, 3.63) is 53.8 Å². The molecule has 0 fully saturated rings. The number of carbonyl (C=O) groups excluding carboxylic acids is 1. The van der Waals surface area contributed by atoms with Crippen LogP contribution in [0.1, 0.15) is 6.92 Å². The van der Waals surface area contributed by atoms with Crippen LogP contribution in [0.4, 0.5) is 5.69 Å². The van der Waals surface area contributed by atoms with Crippen LogP contribution in [0.2, 0.25) is 5.02 Å². The largest absolute Gasteiger partial charge is 0.481 e. The van der Waals surface area contributed by atoms with Crippen LogP contribution in [-0.4, -0.2) is 17.0 Å². The van der Waals surface area contributed by atoms with Crippen molar-refractivity contribution in [1.29, 1.82) is 0 Å². The molecular formula is C14H13ClN2O2. The van der Waals surface area contributed by atoms with Crippen LogP contribution in [0, 0.1) is 0 Å². The number of hydrogen-bond acceptors (Lipinski definition) is 3. The smallest absolute Gasteiger partial charge is 0.265 e. The van der Waals surface area contributed by atoms with Gasteiger partial charge in [0, 0.05) is 11.2 Å². The van der Waals surface area contributed by atoms with Gasteiger partial charge in [-0.25, -0.2) is 0 Å². The minimum Gasteiger partial charge on any atom is -0.481 e. The lowest BCUT2D eigenvalue weighted by molar-refractivity contribution is -0.122. The quantitative estimate of drug-likeness (QED) is 0.933. The number of halogens is 1. The van der Waals surface area contributed by atoms with E-state index in [1.807, 2.05) is 0 Å². The number of nitrogens with one attached hydrogen (secondary N) is 1. The first-order valence-corrected chi connectivity index (χ1v) is 6.16. The van der Waals surface area contributed by atoms with Crippen LogP contribution in [0.15, 0.2) is 48.8 Å². The third-order valence-electron chi connectivity index (χ3n) is 2.42. The zero-order chi connectivity index (χ0) is 13.7. The maximum Gasteiger partial charge on any atom is 0.265 e. The van der Waals surface area contributed by atoms with E-state index >= 15 is 0 Å². The maximum atomic E-state index is 11.9. The number of rotatable bonds is 4. The van der Waals surface area contributed by atoms with Gasteiger partial charge in [-0.2, -0.15) is 0 Å². The van der Waals surface area contributed by atoms with Gasteiger partial charge in [-0.05, 0) is 43.3 Å². The van der Waals surface area contributed by atoms with Crippen LogP contribution >= 0.6 is 11.6 Å². The van der Waals surface area contributed by atoms with E-state index in [9.17, 15) is 4.79 Å². The van der Waals surface area contributed by atoms with Crippen molar-refractivity contribution in [2.24, 2.45) is 0 Å². The molecule has 0 radical (unpaired) electrons. The second kappa shape index (κ2) is 6.20. The Hall–Kier alpha value is -2.07. The van der Waals surface area contributed by atoms with E-state index in [-0.39, 0.29) is 5.91 Å². The summed E-state index contributed by atoms with van der Waals surface area (Å²) in [6.07, 6.45) is 2.61. The van der Waals surface area contributed by atoms with Gasteiger partial charge in [-0.15, -0.1) is 0 Å². The molecule has 2 rings (SSSR count). The number of ether oxygens (including phenoxy) is 1. The first-order chi connectivity index (χ1) is 9.15. The Kier molecular flexibility index (Phi) is 4.36. The molecule has 0 bridgehead atoms. The molecule has 2 aromatic rings. The summed E-state index contributed by atoms with van der Waals surface area (Å²) >= 11 is 5.78. The fraction of sp³-hybridized carbons (Fsp3) is 0.143. The van der Waals surface area contributed by atoms with Crippen LogP contribution in [0.3, 0.4) is 0 Å². The molecule has 1 amide bonds. The van der Waals surface area contributed by atoms with E-state index in [2.05, 4.69) is 10.3 Å². The maximum absolute atomic E-state index is 11.9. The molecule has 0 spiro atoms. The van der Waals surface area contributed by atoms with E-state index in [1.165, 1.54) is 0 Å². The molecule has 0 aliphatic rings. The van der Waals surface area contributed by atoms with Crippen LogP contribution in [-0.2, 0) is 4.79 Å². The summed E-state index contributed by atoms with van der Waals surface area (Å²) in [5.74, 6) is 0.362. The molecule has 4 nitrogen and oxygen atoms in total. The SMILES string of the molecule is C[C@H](Oc1ccc(Cl)cc1)C(=O)Nc1cccnc1. The number of anilines is 1. The summed E-state index contributed by atoms with van der Waals surface area (Å²) in [5, 5.41) is 3.35. The second-order valence-electron chi connectivity index (χ2n) is 3.94. The summed E-state index contributed by atoms with van der Waals surface area (Å²) in [6.45, 7) is 1.68. The highest BCUT2D eigenvalue weighted by molar-refractivity contribution is 6.30. The molecule has 0 saturated carbocycles. The number of pyridine rings is 1. The van der Waals surface area contributed by atoms with Crippen molar-refractivity contribution in [2.45, 2.75) is 13.0 Å². The predicted molar refractivity (Wildman–Crippen MR) is 74.4 cm³/mol. The lowest BCUT2D eigenvalue weighted by Crippen LogP contribution is -2.30. The van der Waals surface area contributed by atoms with Crippen molar-refractivity contribution >= 4 is 23.2 Å². The molecule has 0 unspecified atom stereocenters. The van der Waals surface area contributed by atoms with Crippen molar-refractivity contribution in [1.82, 2.24) is 4.98 Å². The standard InChI is InChI=1S/C14H13ClN2O2/c1-10(19-13-6-4-11(15)5-7-13)14(18)17-12-3-2-8-16-9-12/h2-10H,1H3,(H,17,18)/t10-/m0/s1. The van der Waals surface area contributed by atoms with E-state index in [0.717, 1.165) is 0 Å². The van der Waals surface area contributed by atoms with Crippen LogP contribution in [0.5, 0.6) is 5.75 Å². The first-order valence-electron chi connectivity index (χ1n) is 5.78. The zero-order valence-electron chi connectivity index (χ0n) is 10.3. The summed E-state index contributed by atoms with van der Waals surface area (Å²) in [4.78, 5) is 15.8. The minimum atomic E-state index is -0.610. The van der Waals surface area contributed by atoms with Gasteiger partial charge in [0.1, 0.15) is 5.75 Å². The third kappa shape index (κ3) is 3.96. The molecule has 19 heavy (non-hydrogen) atoms. The molecule has 0 aliphatic heterocycles. The number of hydrogen-bond donors (Lipinski definition) is 1. The Morgan fingerprint density at radius 2 is 2.05 bits per heavy atom. The van der Waals surface area contributed by atoms with Gasteiger partial charge in [0.25, 0.3) is 5.91 Å². The Labute approximate surface area is 116 Å². The van der Waals surface area contributed by atoms with Gasteiger partial charge in [0.05, 0.1) is 11.9 Å². The normalized spacial score (nSPS) is 11.7. The fourth-order valence-electron chi connectivity index (χ4n) is 1.45. The van der Waals surface area contributed by atoms with Gasteiger partial charge in [-0.3, -0.25) is 9.78 Å². The molecule has 0 aliphatic carbocycles. The number of aromatic nitrogens is 1. The molecule has 5 heteroatoms. The Morgan fingerprint density at radius 3 is 2.68 bits per heavy atom. The average Bonchev–Trinajstić information content (AvgIpc) is 2.42. The van der Waals surface area contributed by atoms with Gasteiger partial charge in [-0.1, -0.05) is 11.6 Å². The molecule has 1 N–H and O–H groups in total. The van der Waals surface area contributed by atoms with E-state index < -0.39 is 6.10 Å². The molecule has 1 aromatic heterocycles. The molecule has 1 atom stereocenters. The summed E-state index contributed by atoms with van der Waals surface area (Å²) < 4.78 is 5.51. The number of carbonyl (C=O) groups is 1. The Balaban J connectivity index is 1.94. The number of benzene rings is 1. The van der Waals surface area contributed by atoms with E-state index in [0.29, 0.717) is 16.5 Å². The number of amides is 1. The van der Waals surface area contributed by atoms with E-state index in [4.69, 9.17) is 16.3 Å². The molecule has 98 valence electrons. The zero-order valence-corrected chi connectivity index (χ0v) is 11.1. The molecular weight excluding hydrogens is 264 g/mol.